The van der Waals surface area contributed by atoms with E-state index in [1.807, 2.05) is 0 Å². The molecular formula is C50H84N2Pd. The van der Waals surface area contributed by atoms with Crippen LogP contribution in [0.3, 0.4) is 0 Å². The summed E-state index contributed by atoms with van der Waals surface area (Å²) < 4.78 is 0. The summed E-state index contributed by atoms with van der Waals surface area (Å²) in [6.07, 6.45) is 37.9. The monoisotopic (exact) mass is 819 g/mol. The molecule has 0 radical (unpaired) electrons. The summed E-state index contributed by atoms with van der Waals surface area (Å²) in [7, 11) is 0. The average molecular weight is 820 g/mol. The number of rotatable bonds is 33. The zero-order chi connectivity index (χ0) is 37.5. The van der Waals surface area contributed by atoms with Gasteiger partial charge in [0.2, 0.25) is 0 Å². The van der Waals surface area contributed by atoms with Crippen LogP contribution in [-0.2, 0) is 46.1 Å². The first-order valence-corrected chi connectivity index (χ1v) is 23.0. The predicted molar refractivity (Wildman–Crippen MR) is 236 cm³/mol. The van der Waals surface area contributed by atoms with Gasteiger partial charge in [0.05, 0.1) is 22.8 Å². The number of unbranched alkanes of at least 4 members (excludes halogenated alkanes) is 18. The Hall–Kier alpha value is -1.56. The fourth-order valence-electron chi connectivity index (χ4n) is 7.57. The second kappa shape index (κ2) is 33.8. The van der Waals surface area contributed by atoms with Gasteiger partial charge in [0.1, 0.15) is 0 Å². The fraction of sp³-hybridized carbons (Fsp3) is 0.720. The fourth-order valence-corrected chi connectivity index (χ4v) is 7.57. The minimum Gasteiger partial charge on any atom is -0.252 e. The third-order valence-corrected chi connectivity index (χ3v) is 11.0. The minimum atomic E-state index is 0. The molecule has 0 spiro atoms. The average Bonchev–Trinajstić information content (AvgIpc) is 3.15. The molecule has 0 atom stereocenters. The third-order valence-electron chi connectivity index (χ3n) is 11.0. The van der Waals surface area contributed by atoms with Crippen LogP contribution in [0.5, 0.6) is 0 Å². The van der Waals surface area contributed by atoms with Crippen LogP contribution in [0.15, 0.2) is 46.4 Å². The maximum Gasteiger partial charge on any atom is 0.0636 e. The van der Waals surface area contributed by atoms with Crippen LogP contribution >= 0.6 is 0 Å². The van der Waals surface area contributed by atoms with Gasteiger partial charge in [-0.05, 0) is 124 Å². The molecular weight excluding hydrogens is 735 g/mol. The molecule has 0 bridgehead atoms. The number of aliphatic imine (C=N–C) groups is 2. The van der Waals surface area contributed by atoms with Crippen molar-refractivity contribution in [2.75, 3.05) is 0 Å². The zero-order valence-electron chi connectivity index (χ0n) is 35.9. The van der Waals surface area contributed by atoms with Gasteiger partial charge in [-0.1, -0.05) is 169 Å². The zero-order valence-corrected chi connectivity index (χ0v) is 37.4. The molecule has 2 aromatic rings. The van der Waals surface area contributed by atoms with Crippen LogP contribution in [0.1, 0.15) is 231 Å². The Morgan fingerprint density at radius 3 is 0.962 bits per heavy atom. The quantitative estimate of drug-likeness (QED) is 0.0389. The molecule has 0 fully saturated rings. The van der Waals surface area contributed by atoms with E-state index in [0.29, 0.717) is 0 Å². The van der Waals surface area contributed by atoms with E-state index in [-0.39, 0.29) is 20.4 Å². The van der Waals surface area contributed by atoms with Crippen molar-refractivity contribution in [1.82, 2.24) is 0 Å². The Bertz CT molecular complexity index is 1130. The van der Waals surface area contributed by atoms with Crippen molar-refractivity contribution in [3.8, 4) is 0 Å². The number of hydrogen-bond donors (Lipinski definition) is 0. The molecule has 2 aromatic carbocycles. The summed E-state index contributed by atoms with van der Waals surface area (Å²) >= 11 is 0. The summed E-state index contributed by atoms with van der Waals surface area (Å²) in [5.41, 5.74) is 11.0. The van der Waals surface area contributed by atoms with Crippen LogP contribution in [-0.4, -0.2) is 11.4 Å². The van der Waals surface area contributed by atoms with Gasteiger partial charge >= 0.3 is 0 Å². The van der Waals surface area contributed by atoms with Crippen LogP contribution < -0.4 is 0 Å². The van der Waals surface area contributed by atoms with Gasteiger partial charge in [-0.15, -0.1) is 0 Å². The maximum absolute atomic E-state index is 5.58. The van der Waals surface area contributed by atoms with Crippen LogP contribution in [0.2, 0.25) is 0 Å². The topological polar surface area (TPSA) is 24.7 Å². The Morgan fingerprint density at radius 2 is 0.623 bits per heavy atom. The molecule has 0 aromatic heterocycles. The summed E-state index contributed by atoms with van der Waals surface area (Å²) in [4.78, 5) is 11.2. The van der Waals surface area contributed by atoms with Crippen LogP contribution in [0.4, 0.5) is 11.4 Å². The largest absolute Gasteiger partial charge is 0.252 e. The first-order valence-electron chi connectivity index (χ1n) is 23.0. The van der Waals surface area contributed by atoms with Crippen LogP contribution in [0, 0.1) is 0 Å². The van der Waals surface area contributed by atoms with Gasteiger partial charge in [0.15, 0.2) is 0 Å². The Labute approximate surface area is 344 Å². The van der Waals surface area contributed by atoms with Gasteiger partial charge in [0, 0.05) is 20.4 Å². The van der Waals surface area contributed by atoms with Crippen molar-refractivity contribution in [3.63, 3.8) is 0 Å². The molecule has 53 heavy (non-hydrogen) atoms. The smallest absolute Gasteiger partial charge is 0.0636 e. The minimum absolute atomic E-state index is 0. The van der Waals surface area contributed by atoms with E-state index < -0.39 is 0 Å². The summed E-state index contributed by atoms with van der Waals surface area (Å²) in [6.45, 7) is 13.9. The van der Waals surface area contributed by atoms with E-state index in [4.69, 9.17) is 9.98 Å². The molecule has 2 nitrogen and oxygen atoms in total. The molecule has 0 saturated heterocycles. The van der Waals surface area contributed by atoms with Crippen molar-refractivity contribution in [2.24, 2.45) is 9.98 Å². The maximum atomic E-state index is 5.58. The summed E-state index contributed by atoms with van der Waals surface area (Å²) in [6, 6.07) is 14.4. The SMILES string of the molecule is CCCCCCCCC(=Nc1ccc(CCCCC)c(CCCCC)c1)C(CCCCCCCC)=Nc1ccc(CCCCC)c(CCCCC)c1.[Pd]. The summed E-state index contributed by atoms with van der Waals surface area (Å²) in [5.74, 6) is 0. The second-order valence-electron chi connectivity index (χ2n) is 15.9. The molecule has 0 aliphatic rings. The molecule has 0 amide bonds. The van der Waals surface area contributed by atoms with Gasteiger partial charge in [-0.25, -0.2) is 0 Å². The Kier molecular flexibility index (Phi) is 31.5. The predicted octanol–water partition coefficient (Wildman–Crippen LogP) is 17.0. The van der Waals surface area contributed by atoms with Gasteiger partial charge in [-0.2, -0.15) is 0 Å². The third kappa shape index (κ3) is 22.6. The van der Waals surface area contributed by atoms with E-state index in [1.165, 1.54) is 202 Å². The number of hydrogen-bond acceptors (Lipinski definition) is 2. The standard InChI is InChI=1S/C50H84N2.Pd/c1-7-13-19-21-23-29-35-49(51-47-39-37-43(31-25-15-9-3)45(41-47)33-27-17-11-5)50(36-30-24-22-20-14-8-2)52-48-40-38-44(32-26-16-10-4)46(42-48)34-28-18-12-6;/h37-42H,7-36H2,1-6H3;. The van der Waals surface area contributed by atoms with Crippen molar-refractivity contribution in [2.45, 2.75) is 234 Å². The Balaban J connectivity index is 0.0000140. The summed E-state index contributed by atoms with van der Waals surface area (Å²) in [5, 5.41) is 0. The molecule has 2 rings (SSSR count). The molecule has 304 valence electrons. The van der Waals surface area contributed by atoms with Crippen molar-refractivity contribution in [3.05, 3.63) is 58.7 Å². The molecule has 0 saturated carbocycles. The molecule has 0 aliphatic heterocycles. The first-order chi connectivity index (χ1) is 25.6. The van der Waals surface area contributed by atoms with E-state index in [9.17, 15) is 0 Å². The number of nitrogens with zero attached hydrogens (tertiary/aromatic N) is 2. The first kappa shape index (κ1) is 49.5. The molecule has 3 heteroatoms. The van der Waals surface area contributed by atoms with E-state index in [2.05, 4.69) is 77.9 Å². The van der Waals surface area contributed by atoms with E-state index in [1.54, 1.807) is 11.1 Å². The molecule has 0 heterocycles. The second-order valence-corrected chi connectivity index (χ2v) is 15.9. The molecule has 0 unspecified atom stereocenters. The van der Waals surface area contributed by atoms with Gasteiger partial charge < -0.3 is 0 Å². The van der Waals surface area contributed by atoms with Gasteiger partial charge in [0.25, 0.3) is 0 Å². The molecule has 0 N–H and O–H groups in total. The van der Waals surface area contributed by atoms with Crippen molar-refractivity contribution in [1.29, 1.82) is 0 Å². The van der Waals surface area contributed by atoms with Crippen molar-refractivity contribution >= 4 is 22.8 Å². The van der Waals surface area contributed by atoms with Gasteiger partial charge in [-0.3, -0.25) is 9.98 Å². The van der Waals surface area contributed by atoms with E-state index >= 15 is 0 Å². The van der Waals surface area contributed by atoms with Crippen LogP contribution in [0.25, 0.3) is 0 Å². The normalized spacial score (nSPS) is 12.0. The Morgan fingerprint density at radius 1 is 0.340 bits per heavy atom. The van der Waals surface area contributed by atoms with Crippen molar-refractivity contribution < 1.29 is 20.4 Å². The number of aryl methyl sites for hydroxylation is 4. The molecule has 0 aliphatic carbocycles. The number of benzene rings is 2. The van der Waals surface area contributed by atoms with E-state index in [0.717, 1.165) is 24.2 Å².